The molecule has 3 N–H and O–H groups in total. The Morgan fingerprint density at radius 1 is 1.31 bits per heavy atom. The van der Waals surface area contributed by atoms with Gasteiger partial charge in [-0.2, -0.15) is 5.10 Å². The largest absolute Gasteiger partial charge is 0.383 e. The van der Waals surface area contributed by atoms with Gasteiger partial charge in [-0.25, -0.2) is 14.6 Å². The number of fused-ring (bicyclic) bond motifs is 1. The van der Waals surface area contributed by atoms with Gasteiger partial charge in [0.15, 0.2) is 11.3 Å². The van der Waals surface area contributed by atoms with Gasteiger partial charge in [0.25, 0.3) is 5.91 Å². The van der Waals surface area contributed by atoms with Crippen molar-refractivity contribution in [3.63, 3.8) is 0 Å². The summed E-state index contributed by atoms with van der Waals surface area (Å²) >= 11 is 6.38. The van der Waals surface area contributed by atoms with Crippen LogP contribution in [0.4, 0.5) is 11.5 Å². The number of piperidine rings is 1. The lowest BCUT2D eigenvalue weighted by molar-refractivity contribution is -0.127. The van der Waals surface area contributed by atoms with Crippen molar-refractivity contribution in [3.05, 3.63) is 53.1 Å². The molecule has 0 bridgehead atoms. The maximum atomic E-state index is 13.3. The number of allylic oxidation sites excluding steroid dienone is 1. The molecule has 4 rings (SSSR count). The van der Waals surface area contributed by atoms with E-state index in [1.807, 2.05) is 13.0 Å². The molecule has 1 aliphatic heterocycles. The molecule has 1 atom stereocenters. The fraction of sp³-hybridized carbons (Fsp3) is 0.375. The summed E-state index contributed by atoms with van der Waals surface area (Å²) in [6.07, 6.45) is 7.55. The van der Waals surface area contributed by atoms with Gasteiger partial charge in [0.2, 0.25) is 5.91 Å². The number of likely N-dealkylation sites (tertiary alicyclic amines) is 1. The van der Waals surface area contributed by atoms with Crippen LogP contribution in [0.2, 0.25) is 5.02 Å². The van der Waals surface area contributed by atoms with Crippen molar-refractivity contribution in [2.45, 2.75) is 32.2 Å². The van der Waals surface area contributed by atoms with Crippen molar-refractivity contribution in [2.75, 3.05) is 38.2 Å². The molecule has 1 saturated heterocycles. The molecule has 2 amide bonds. The lowest BCUT2D eigenvalue weighted by Crippen LogP contribution is -2.33. The van der Waals surface area contributed by atoms with E-state index < -0.39 is 5.91 Å². The molecule has 10 nitrogen and oxygen atoms in total. The third kappa shape index (κ3) is 5.22. The maximum Gasteiger partial charge on any atom is 0.277 e. The number of carbonyl (C=O) groups is 2. The summed E-state index contributed by atoms with van der Waals surface area (Å²) in [5.41, 5.74) is 8.01. The van der Waals surface area contributed by atoms with Gasteiger partial charge in [-0.3, -0.25) is 9.59 Å². The van der Waals surface area contributed by atoms with Crippen LogP contribution in [0.25, 0.3) is 11.0 Å². The Balaban J connectivity index is 1.62. The number of nitrogen functional groups attached to an aromatic ring is 1. The lowest BCUT2D eigenvalue weighted by Gasteiger charge is -2.32. The van der Waals surface area contributed by atoms with E-state index in [1.54, 1.807) is 37.0 Å². The third-order valence-corrected chi connectivity index (χ3v) is 6.37. The number of amides is 2. The van der Waals surface area contributed by atoms with E-state index in [9.17, 15) is 9.59 Å². The first-order chi connectivity index (χ1) is 16.8. The first-order valence-electron chi connectivity index (χ1n) is 11.4. The molecule has 3 aromatic rings. The predicted molar refractivity (Wildman–Crippen MR) is 136 cm³/mol. The molecule has 0 unspecified atom stereocenters. The number of nitrogens with one attached hydrogen (secondary N) is 1. The summed E-state index contributed by atoms with van der Waals surface area (Å²) in [7, 11) is 3.38. The summed E-state index contributed by atoms with van der Waals surface area (Å²) in [5.74, 6) is -0.306. The average molecular weight is 497 g/mol. The van der Waals surface area contributed by atoms with Gasteiger partial charge >= 0.3 is 0 Å². The molecule has 0 aliphatic carbocycles. The highest BCUT2D eigenvalue weighted by Crippen LogP contribution is 2.29. The summed E-state index contributed by atoms with van der Waals surface area (Å²) in [4.78, 5) is 37.5. The monoisotopic (exact) mass is 496 g/mol. The minimum atomic E-state index is -0.440. The second-order valence-corrected chi connectivity index (χ2v) is 9.16. The number of rotatable bonds is 6. The molecule has 184 valence electrons. The van der Waals surface area contributed by atoms with Crippen molar-refractivity contribution < 1.29 is 9.59 Å². The SMILES string of the molecule is CC=CN1CCC[C@@H](n2nc(C(=O)Nc3ccc(CC(=O)N(C)C)c(Cl)c3)c3c(N)ncnc32)C1. The Morgan fingerprint density at radius 3 is 2.83 bits per heavy atom. The number of halogens is 1. The van der Waals surface area contributed by atoms with Gasteiger partial charge in [0.1, 0.15) is 12.1 Å². The molecule has 0 radical (unpaired) electrons. The van der Waals surface area contributed by atoms with Crippen LogP contribution < -0.4 is 11.1 Å². The normalized spacial score (nSPS) is 16.1. The van der Waals surface area contributed by atoms with Crippen molar-refractivity contribution >= 4 is 46.0 Å². The van der Waals surface area contributed by atoms with Crippen molar-refractivity contribution in [1.82, 2.24) is 29.5 Å². The van der Waals surface area contributed by atoms with Crippen LogP contribution >= 0.6 is 11.6 Å². The van der Waals surface area contributed by atoms with Gasteiger partial charge < -0.3 is 20.9 Å². The molecule has 3 heterocycles. The van der Waals surface area contributed by atoms with Crippen LogP contribution in [0, 0.1) is 0 Å². The van der Waals surface area contributed by atoms with E-state index in [4.69, 9.17) is 17.3 Å². The summed E-state index contributed by atoms with van der Waals surface area (Å²) in [6.45, 7) is 3.72. The minimum absolute atomic E-state index is 0.0428. The Kier molecular flexibility index (Phi) is 7.20. The number of aromatic nitrogens is 4. The lowest BCUT2D eigenvalue weighted by atomic mass is 10.1. The number of nitrogens with zero attached hydrogens (tertiary/aromatic N) is 6. The zero-order valence-electron chi connectivity index (χ0n) is 20.0. The standard InChI is InChI=1S/C24H29ClN8O2/c1-4-9-32-10-5-6-17(13-32)33-23-20(22(26)27-14-28-23)21(30-33)24(35)29-16-8-7-15(18(25)12-16)11-19(34)31(2)3/h4,7-9,12,14,17H,5-6,10-11,13H2,1-3H3,(H,29,35)(H2,26,27,28)/t17-/m1/s1. The van der Waals surface area contributed by atoms with Crippen LogP contribution in [0.1, 0.15) is 41.9 Å². The predicted octanol–water partition coefficient (Wildman–Crippen LogP) is 3.12. The maximum absolute atomic E-state index is 13.3. The van der Waals surface area contributed by atoms with Crippen molar-refractivity contribution in [2.24, 2.45) is 0 Å². The number of anilines is 2. The fourth-order valence-electron chi connectivity index (χ4n) is 4.22. The van der Waals surface area contributed by atoms with Crippen molar-refractivity contribution in [3.8, 4) is 0 Å². The number of likely N-dealkylation sites (N-methyl/N-ethyl adjacent to an activating group) is 1. The van der Waals surface area contributed by atoms with Gasteiger partial charge in [0, 0.05) is 37.9 Å². The summed E-state index contributed by atoms with van der Waals surface area (Å²) in [6, 6.07) is 5.09. The van der Waals surface area contributed by atoms with E-state index in [2.05, 4.69) is 31.5 Å². The molecular formula is C24H29ClN8O2. The van der Waals surface area contributed by atoms with E-state index in [0.717, 1.165) is 25.9 Å². The second-order valence-electron chi connectivity index (χ2n) is 8.75. The van der Waals surface area contributed by atoms with E-state index in [-0.39, 0.29) is 29.9 Å². The molecule has 0 spiro atoms. The quantitative estimate of drug-likeness (QED) is 0.537. The Morgan fingerprint density at radius 2 is 2.11 bits per heavy atom. The van der Waals surface area contributed by atoms with Crippen LogP contribution in [0.15, 0.2) is 36.8 Å². The Bertz CT molecular complexity index is 1290. The molecule has 1 aliphatic rings. The molecule has 1 aromatic carbocycles. The van der Waals surface area contributed by atoms with Gasteiger partial charge in [0.05, 0.1) is 17.8 Å². The number of hydrogen-bond donors (Lipinski definition) is 2. The highest BCUT2D eigenvalue weighted by molar-refractivity contribution is 6.32. The van der Waals surface area contributed by atoms with E-state index in [1.165, 1.54) is 11.2 Å². The molecule has 1 fully saturated rings. The molecule has 35 heavy (non-hydrogen) atoms. The summed E-state index contributed by atoms with van der Waals surface area (Å²) in [5, 5.41) is 8.31. The molecule has 0 saturated carbocycles. The minimum Gasteiger partial charge on any atom is -0.383 e. The molecular weight excluding hydrogens is 468 g/mol. The molecule has 11 heteroatoms. The van der Waals surface area contributed by atoms with Crippen LogP contribution in [-0.2, 0) is 11.2 Å². The third-order valence-electron chi connectivity index (χ3n) is 6.02. The average Bonchev–Trinajstić information content (AvgIpc) is 3.22. The van der Waals surface area contributed by atoms with Crippen molar-refractivity contribution in [1.29, 1.82) is 0 Å². The fourth-order valence-corrected chi connectivity index (χ4v) is 4.47. The Labute approximate surface area is 208 Å². The van der Waals surface area contributed by atoms with Gasteiger partial charge in [-0.15, -0.1) is 0 Å². The second kappa shape index (κ2) is 10.3. The molecule has 2 aromatic heterocycles. The number of nitrogens with two attached hydrogens (primary N) is 1. The van der Waals surface area contributed by atoms with E-state index in [0.29, 0.717) is 27.3 Å². The Hall–Kier alpha value is -3.66. The topological polar surface area (TPSA) is 122 Å². The zero-order valence-corrected chi connectivity index (χ0v) is 20.8. The van der Waals surface area contributed by atoms with Crippen LogP contribution in [-0.4, -0.2) is 68.5 Å². The smallest absolute Gasteiger partial charge is 0.277 e. The van der Waals surface area contributed by atoms with Crippen LogP contribution in [0.5, 0.6) is 0 Å². The highest BCUT2D eigenvalue weighted by Gasteiger charge is 2.27. The highest BCUT2D eigenvalue weighted by atomic mass is 35.5. The van der Waals surface area contributed by atoms with E-state index >= 15 is 0 Å². The zero-order chi connectivity index (χ0) is 25.1. The van der Waals surface area contributed by atoms with Gasteiger partial charge in [-0.1, -0.05) is 23.7 Å². The number of hydrogen-bond acceptors (Lipinski definition) is 7. The number of carbonyl (C=O) groups excluding carboxylic acids is 2. The van der Waals surface area contributed by atoms with Crippen LogP contribution in [0.3, 0.4) is 0 Å². The first-order valence-corrected chi connectivity index (χ1v) is 11.8. The first kappa shape index (κ1) is 24.5. The summed E-state index contributed by atoms with van der Waals surface area (Å²) < 4.78 is 1.79. The number of benzene rings is 1. The van der Waals surface area contributed by atoms with Gasteiger partial charge in [-0.05, 0) is 43.7 Å².